The second kappa shape index (κ2) is 11.9. The van der Waals surface area contributed by atoms with Crippen LogP contribution in [0.4, 0.5) is 0 Å². The molecule has 247 valence electrons. The van der Waals surface area contributed by atoms with E-state index in [-0.39, 0.29) is 0 Å². The number of pyridine rings is 1. The molecule has 0 N–H and O–H groups in total. The van der Waals surface area contributed by atoms with Crippen LogP contribution >= 0.6 is 0 Å². The monoisotopic (exact) mass is 690 g/mol. The Morgan fingerprint density at radius 2 is 1.04 bits per heavy atom. The number of aromatic nitrogens is 3. The van der Waals surface area contributed by atoms with E-state index in [1.54, 1.807) is 0 Å². The van der Waals surface area contributed by atoms with Crippen molar-refractivity contribution in [1.29, 1.82) is 0 Å². The van der Waals surface area contributed by atoms with E-state index in [1.807, 2.05) is 0 Å². The fourth-order valence-corrected chi connectivity index (χ4v) is 11.2. The van der Waals surface area contributed by atoms with E-state index in [9.17, 15) is 0 Å². The summed E-state index contributed by atoms with van der Waals surface area (Å²) in [5.74, 6) is 0. The maximum atomic E-state index is 5.76. The third-order valence-electron chi connectivity index (χ3n) is 10.8. The number of nitrogens with zero attached hydrogens (tertiary/aromatic N) is 3. The van der Waals surface area contributed by atoms with Crippen molar-refractivity contribution >= 4 is 84.7 Å². The summed E-state index contributed by atoms with van der Waals surface area (Å²) in [6, 6.07) is 70.8. The second-order valence-electron chi connectivity index (χ2n) is 13.8. The van der Waals surface area contributed by atoms with Gasteiger partial charge in [-0.2, -0.15) is 0 Å². The Bertz CT molecular complexity index is 3130. The third-order valence-corrected chi connectivity index (χ3v) is 13.4. The average Bonchev–Trinajstić information content (AvgIpc) is 3.73. The van der Waals surface area contributed by atoms with Crippen LogP contribution in [0.15, 0.2) is 194 Å². The molecule has 0 saturated heterocycles. The van der Waals surface area contributed by atoms with Gasteiger partial charge in [-0.15, -0.1) is 0 Å². The summed E-state index contributed by atoms with van der Waals surface area (Å²) in [6.45, 7) is 0. The van der Waals surface area contributed by atoms with Gasteiger partial charge in [0, 0.05) is 38.1 Å². The molecule has 3 nitrogen and oxygen atoms in total. The highest BCUT2D eigenvalue weighted by atomic mass is 28.3. The molecule has 1 radical (unpaired) electrons. The van der Waals surface area contributed by atoms with Crippen molar-refractivity contribution in [3.63, 3.8) is 0 Å². The lowest BCUT2D eigenvalue weighted by atomic mass is 9.98. The molecule has 4 heteroatoms. The van der Waals surface area contributed by atoms with Gasteiger partial charge in [-0.05, 0) is 62.6 Å². The first-order chi connectivity index (χ1) is 26.3. The molecule has 0 amide bonds. The van der Waals surface area contributed by atoms with E-state index < -0.39 is 8.96 Å². The summed E-state index contributed by atoms with van der Waals surface area (Å²) in [6.07, 6.45) is 0. The summed E-state index contributed by atoms with van der Waals surface area (Å²) in [7, 11) is -1.50. The zero-order valence-electron chi connectivity index (χ0n) is 28.8. The number of hydrogen-bond donors (Lipinski definition) is 0. The molecule has 0 aliphatic heterocycles. The van der Waals surface area contributed by atoms with Gasteiger partial charge >= 0.3 is 0 Å². The van der Waals surface area contributed by atoms with Crippen molar-refractivity contribution in [1.82, 2.24) is 13.8 Å². The first-order valence-electron chi connectivity index (χ1n) is 18.1. The predicted molar refractivity (Wildman–Crippen MR) is 225 cm³/mol. The van der Waals surface area contributed by atoms with Gasteiger partial charge in [-0.1, -0.05) is 164 Å². The molecule has 0 aliphatic rings. The topological polar surface area (TPSA) is 22.8 Å². The fourth-order valence-electron chi connectivity index (χ4n) is 8.46. The van der Waals surface area contributed by atoms with Gasteiger partial charge in [0.2, 0.25) is 8.96 Å². The number of benzene rings is 8. The van der Waals surface area contributed by atoms with Crippen molar-refractivity contribution in [2.45, 2.75) is 0 Å². The Balaban J connectivity index is 1.24. The van der Waals surface area contributed by atoms with Crippen molar-refractivity contribution in [2.75, 3.05) is 0 Å². The molecule has 3 aromatic heterocycles. The Hall–Kier alpha value is -6.75. The molecule has 3 heterocycles. The standard InChI is InChI=1S/C49H32N3Si/c1-3-19-37(20-4-1)53(38-21-5-2-6-22-38)52-46-28-12-10-24-41(46)43-30-29-35-32-44-42-25-9-11-27-45(42)51(49(44)50-47(35)48(43)52)36-18-13-17-34(31-36)40-26-14-16-33-15-7-8-23-39(33)40/h1-32H. The largest absolute Gasteiger partial charge is 0.357 e. The van der Waals surface area contributed by atoms with Crippen LogP contribution in [-0.4, -0.2) is 22.7 Å². The molecule has 53 heavy (non-hydrogen) atoms. The van der Waals surface area contributed by atoms with Crippen LogP contribution in [0.5, 0.6) is 0 Å². The second-order valence-corrected chi connectivity index (χ2v) is 16.1. The Morgan fingerprint density at radius 3 is 1.81 bits per heavy atom. The minimum Gasteiger partial charge on any atom is -0.357 e. The van der Waals surface area contributed by atoms with E-state index >= 15 is 0 Å². The van der Waals surface area contributed by atoms with Crippen molar-refractivity contribution in [3.8, 4) is 16.8 Å². The minimum atomic E-state index is -1.50. The SMILES string of the molecule is c1ccc([Si](c2ccccc2)n2c3ccccc3c3ccc4cc5c6ccccc6n(-c6cccc(-c7cccc8ccccc78)c6)c5nc4c32)cc1. The van der Waals surface area contributed by atoms with Gasteiger partial charge in [0.15, 0.2) is 0 Å². The Morgan fingerprint density at radius 1 is 0.415 bits per heavy atom. The average molecular weight is 691 g/mol. The van der Waals surface area contributed by atoms with Gasteiger partial charge in [0.1, 0.15) is 5.65 Å². The van der Waals surface area contributed by atoms with E-state index in [0.717, 1.165) is 33.1 Å². The molecule has 0 unspecified atom stereocenters. The van der Waals surface area contributed by atoms with Crippen molar-refractivity contribution in [3.05, 3.63) is 194 Å². The van der Waals surface area contributed by atoms with Crippen LogP contribution in [0.2, 0.25) is 0 Å². The van der Waals surface area contributed by atoms with Crippen molar-refractivity contribution < 1.29 is 0 Å². The summed E-state index contributed by atoms with van der Waals surface area (Å²) in [5, 5.41) is 11.2. The lowest BCUT2D eigenvalue weighted by Crippen LogP contribution is -2.48. The maximum absolute atomic E-state index is 5.76. The zero-order chi connectivity index (χ0) is 34.9. The molecule has 0 aliphatic carbocycles. The Labute approximate surface area is 308 Å². The van der Waals surface area contributed by atoms with Crippen LogP contribution in [-0.2, 0) is 0 Å². The van der Waals surface area contributed by atoms with Crippen LogP contribution in [0.1, 0.15) is 0 Å². The molecule has 0 spiro atoms. The number of para-hydroxylation sites is 2. The summed E-state index contributed by atoms with van der Waals surface area (Å²) in [5.41, 5.74) is 9.07. The van der Waals surface area contributed by atoms with Gasteiger partial charge in [-0.25, -0.2) is 4.98 Å². The smallest absolute Gasteiger partial charge is 0.247 e. The first-order valence-corrected chi connectivity index (χ1v) is 19.6. The third kappa shape index (κ3) is 4.63. The highest BCUT2D eigenvalue weighted by molar-refractivity contribution is 6.85. The fraction of sp³-hybridized carbons (Fsp3) is 0. The van der Waals surface area contributed by atoms with Gasteiger partial charge in [-0.3, -0.25) is 4.57 Å². The van der Waals surface area contributed by atoms with E-state index in [1.165, 1.54) is 59.5 Å². The summed E-state index contributed by atoms with van der Waals surface area (Å²) >= 11 is 0. The maximum Gasteiger partial charge on any atom is 0.247 e. The summed E-state index contributed by atoms with van der Waals surface area (Å²) in [4.78, 5) is 5.76. The van der Waals surface area contributed by atoms with Crippen molar-refractivity contribution in [2.24, 2.45) is 0 Å². The predicted octanol–water partition coefficient (Wildman–Crippen LogP) is 10.9. The highest BCUT2D eigenvalue weighted by Gasteiger charge is 2.27. The van der Waals surface area contributed by atoms with E-state index in [0.29, 0.717) is 0 Å². The molecular formula is C49H32N3Si. The molecule has 11 rings (SSSR count). The molecule has 0 saturated carbocycles. The zero-order valence-corrected chi connectivity index (χ0v) is 29.8. The van der Waals surface area contributed by atoms with E-state index in [2.05, 4.69) is 203 Å². The molecule has 8 aromatic carbocycles. The number of fused-ring (bicyclic) bond motifs is 9. The van der Waals surface area contributed by atoms with E-state index in [4.69, 9.17) is 4.98 Å². The molecule has 0 fully saturated rings. The molecule has 0 atom stereocenters. The van der Waals surface area contributed by atoms with Gasteiger partial charge in [0.25, 0.3) is 0 Å². The van der Waals surface area contributed by atoms with Gasteiger partial charge in [0.05, 0.1) is 16.6 Å². The normalized spacial score (nSPS) is 11.9. The van der Waals surface area contributed by atoms with Gasteiger partial charge < -0.3 is 4.23 Å². The quantitative estimate of drug-likeness (QED) is 0.165. The first kappa shape index (κ1) is 29.9. The number of hydrogen-bond acceptors (Lipinski definition) is 1. The summed E-state index contributed by atoms with van der Waals surface area (Å²) < 4.78 is 5.00. The van der Waals surface area contributed by atoms with Crippen LogP contribution < -0.4 is 10.4 Å². The highest BCUT2D eigenvalue weighted by Crippen LogP contribution is 2.39. The van der Waals surface area contributed by atoms with Crippen LogP contribution in [0.3, 0.4) is 0 Å². The molecular weight excluding hydrogens is 659 g/mol. The van der Waals surface area contributed by atoms with Crippen LogP contribution in [0, 0.1) is 0 Å². The lowest BCUT2D eigenvalue weighted by molar-refractivity contribution is 1.15. The number of rotatable bonds is 5. The molecule has 11 aromatic rings. The minimum absolute atomic E-state index is 0.964. The van der Waals surface area contributed by atoms with Crippen LogP contribution in [0.25, 0.3) is 82.2 Å². The Kier molecular flexibility index (Phi) is 6.72. The molecule has 0 bridgehead atoms. The lowest BCUT2D eigenvalue weighted by Gasteiger charge is -2.20.